The third-order valence-electron chi connectivity index (χ3n) is 8.26. The van der Waals surface area contributed by atoms with Crippen LogP contribution in [0.3, 0.4) is 0 Å². The van der Waals surface area contributed by atoms with Crippen LogP contribution in [-0.4, -0.2) is 0 Å². The van der Waals surface area contributed by atoms with Gasteiger partial charge in [0.2, 0.25) is 0 Å². The molecule has 0 bridgehead atoms. The van der Waals surface area contributed by atoms with Crippen LogP contribution < -0.4 is 4.90 Å². The number of fused-ring (bicyclic) bond motifs is 5. The predicted molar refractivity (Wildman–Crippen MR) is 169 cm³/mol. The minimum absolute atomic E-state index is 0.980. The molecule has 1 heteroatoms. The molecule has 8 rings (SSSR count). The van der Waals surface area contributed by atoms with E-state index in [0.717, 1.165) is 17.1 Å². The number of allylic oxidation sites excluding steroid dienone is 3. The molecule has 0 heterocycles. The lowest BCUT2D eigenvalue weighted by atomic mass is 9.88. The maximum atomic E-state index is 4.10. The van der Waals surface area contributed by atoms with Crippen molar-refractivity contribution < 1.29 is 0 Å². The van der Waals surface area contributed by atoms with Crippen LogP contribution in [-0.2, 0) is 0 Å². The van der Waals surface area contributed by atoms with E-state index in [1.165, 1.54) is 65.3 Å². The lowest BCUT2D eigenvalue weighted by Crippen LogP contribution is -2.15. The second-order valence-corrected chi connectivity index (χ2v) is 10.2. The molecule has 0 unspecified atom stereocenters. The molecule has 1 nitrogen and oxygen atoms in total. The van der Waals surface area contributed by atoms with Gasteiger partial charge in [-0.2, -0.15) is 0 Å². The second kappa shape index (κ2) is 8.18. The van der Waals surface area contributed by atoms with Crippen molar-refractivity contribution in [3.63, 3.8) is 0 Å². The summed E-state index contributed by atoms with van der Waals surface area (Å²) in [5.74, 6) is 0. The number of rotatable bonds is 5. The molecule has 0 saturated carbocycles. The van der Waals surface area contributed by atoms with E-state index < -0.39 is 0 Å². The van der Waals surface area contributed by atoms with Crippen LogP contribution in [0.15, 0.2) is 146 Å². The largest absolute Gasteiger partial charge is 0.311 e. The minimum atomic E-state index is 0.980. The van der Waals surface area contributed by atoms with Crippen molar-refractivity contribution in [1.82, 2.24) is 0 Å². The summed E-state index contributed by atoms with van der Waals surface area (Å²) in [4.78, 5) is 2.25. The third kappa shape index (κ3) is 2.96. The van der Waals surface area contributed by atoms with Crippen molar-refractivity contribution in [2.45, 2.75) is 0 Å². The fourth-order valence-electron chi connectivity index (χ4n) is 6.69. The van der Waals surface area contributed by atoms with E-state index in [4.69, 9.17) is 0 Å². The number of para-hydroxylation sites is 1. The Bertz CT molecular complexity index is 2100. The van der Waals surface area contributed by atoms with Crippen molar-refractivity contribution in [3.05, 3.63) is 146 Å². The first kappa shape index (κ1) is 21.9. The summed E-state index contributed by atoms with van der Waals surface area (Å²) >= 11 is 0. The van der Waals surface area contributed by atoms with Gasteiger partial charge in [-0.3, -0.25) is 0 Å². The zero-order valence-electron chi connectivity index (χ0n) is 21.5. The Labute approximate surface area is 227 Å². The maximum Gasteiger partial charge on any atom is 0.0468 e. The molecule has 0 N–H and O–H groups in total. The summed E-state index contributed by atoms with van der Waals surface area (Å²) in [5.41, 5.74) is 8.34. The Balaban J connectivity index is 1.42. The number of benzene rings is 7. The molecular weight excluding hydrogens is 470 g/mol. The summed E-state index contributed by atoms with van der Waals surface area (Å²) in [7, 11) is 0. The average molecular weight is 496 g/mol. The number of hydrogen-bond acceptors (Lipinski definition) is 1. The Morgan fingerprint density at radius 2 is 1.15 bits per heavy atom. The van der Waals surface area contributed by atoms with Gasteiger partial charge in [-0.25, -0.2) is 0 Å². The van der Waals surface area contributed by atoms with E-state index in [1.54, 1.807) is 0 Å². The maximum absolute atomic E-state index is 4.10. The van der Waals surface area contributed by atoms with Crippen LogP contribution in [0.5, 0.6) is 0 Å². The Morgan fingerprint density at radius 1 is 0.513 bits per heavy atom. The molecule has 0 aromatic heterocycles. The first-order valence-corrected chi connectivity index (χ1v) is 13.4. The van der Waals surface area contributed by atoms with E-state index >= 15 is 0 Å². The van der Waals surface area contributed by atoms with Gasteiger partial charge in [0.15, 0.2) is 0 Å². The summed E-state index contributed by atoms with van der Waals surface area (Å²) in [6.45, 7) is 8.04. The molecule has 1 aliphatic rings. The predicted octanol–water partition coefficient (Wildman–Crippen LogP) is 10.8. The number of hydrogen-bond donors (Lipinski definition) is 0. The Kier molecular flexibility index (Phi) is 4.59. The standard InChI is InChI=1S/C38H25N/c1-3-10-25(4-2)39(26-13-6-5-7-14-26)27-17-18-28-31-19-20-32-29-15-8-11-24-12-9-16-30(36(24)29)33-21-22-34(35(28)23-27)37(31)38(32)33/h3-23H,1-2H2/b25-10+. The van der Waals surface area contributed by atoms with Crippen LogP contribution in [0.1, 0.15) is 0 Å². The topological polar surface area (TPSA) is 3.24 Å². The summed E-state index contributed by atoms with van der Waals surface area (Å²) < 4.78 is 0. The van der Waals surface area contributed by atoms with Crippen LogP contribution in [0.4, 0.5) is 11.4 Å². The molecule has 7 aromatic carbocycles. The number of nitrogens with zero attached hydrogens (tertiary/aromatic N) is 1. The molecule has 0 aliphatic heterocycles. The molecule has 182 valence electrons. The lowest BCUT2D eigenvalue weighted by Gasteiger charge is -2.26. The summed E-state index contributed by atoms with van der Waals surface area (Å²) in [6, 6.07) is 40.0. The lowest BCUT2D eigenvalue weighted by molar-refractivity contribution is 1.21. The fourth-order valence-corrected chi connectivity index (χ4v) is 6.69. The van der Waals surface area contributed by atoms with Gasteiger partial charge >= 0.3 is 0 Å². The first-order chi connectivity index (χ1) is 19.3. The molecule has 0 atom stereocenters. The SMILES string of the molecule is C=C/C=C(\C=C)N(c1ccccc1)c1ccc2c(c1)-c1ccc3c4cccc5cccc(c6ccc-2c1c63)c54. The minimum Gasteiger partial charge on any atom is -0.311 e. The van der Waals surface area contributed by atoms with Gasteiger partial charge in [0, 0.05) is 17.1 Å². The highest BCUT2D eigenvalue weighted by Gasteiger charge is 2.26. The van der Waals surface area contributed by atoms with Crippen molar-refractivity contribution in [2.24, 2.45) is 0 Å². The van der Waals surface area contributed by atoms with Crippen molar-refractivity contribution in [1.29, 1.82) is 0 Å². The van der Waals surface area contributed by atoms with E-state index in [1.807, 2.05) is 24.3 Å². The van der Waals surface area contributed by atoms with Crippen LogP contribution >= 0.6 is 0 Å². The molecule has 0 radical (unpaired) electrons. The Morgan fingerprint density at radius 3 is 1.82 bits per heavy atom. The summed E-state index contributed by atoms with van der Waals surface area (Å²) in [6.07, 6.45) is 5.71. The quantitative estimate of drug-likeness (QED) is 0.130. The monoisotopic (exact) mass is 495 g/mol. The zero-order chi connectivity index (χ0) is 26.1. The molecule has 0 amide bonds. The normalized spacial score (nSPS) is 12.5. The van der Waals surface area contributed by atoms with Crippen LogP contribution in [0.2, 0.25) is 0 Å². The van der Waals surface area contributed by atoms with Gasteiger partial charge in [-0.15, -0.1) is 0 Å². The van der Waals surface area contributed by atoms with Gasteiger partial charge in [0.25, 0.3) is 0 Å². The molecule has 7 aromatic rings. The fraction of sp³-hybridized carbons (Fsp3) is 0. The van der Waals surface area contributed by atoms with E-state index in [0.29, 0.717) is 0 Å². The molecule has 0 saturated heterocycles. The van der Waals surface area contributed by atoms with Gasteiger partial charge in [-0.05, 0) is 102 Å². The van der Waals surface area contributed by atoms with Crippen molar-refractivity contribution >= 4 is 54.5 Å². The molecular formula is C38H25N. The van der Waals surface area contributed by atoms with Gasteiger partial charge in [0.05, 0.1) is 0 Å². The van der Waals surface area contributed by atoms with E-state index in [9.17, 15) is 0 Å². The molecule has 1 aliphatic carbocycles. The van der Waals surface area contributed by atoms with Crippen LogP contribution in [0, 0.1) is 0 Å². The molecule has 0 spiro atoms. The molecule has 0 fully saturated rings. The van der Waals surface area contributed by atoms with E-state index in [2.05, 4.69) is 121 Å². The highest BCUT2D eigenvalue weighted by Crippen LogP contribution is 2.53. The molecule has 39 heavy (non-hydrogen) atoms. The van der Waals surface area contributed by atoms with Crippen LogP contribution in [0.25, 0.3) is 65.3 Å². The first-order valence-electron chi connectivity index (χ1n) is 13.4. The second-order valence-electron chi connectivity index (χ2n) is 10.2. The summed E-state index contributed by atoms with van der Waals surface area (Å²) in [5, 5.41) is 10.7. The third-order valence-corrected chi connectivity index (χ3v) is 8.26. The highest BCUT2D eigenvalue weighted by molar-refractivity contribution is 6.37. The Hall–Kier alpha value is -5.14. The van der Waals surface area contributed by atoms with Gasteiger partial charge in [0.1, 0.15) is 0 Å². The highest BCUT2D eigenvalue weighted by atomic mass is 15.1. The van der Waals surface area contributed by atoms with Crippen molar-refractivity contribution in [2.75, 3.05) is 4.90 Å². The van der Waals surface area contributed by atoms with E-state index in [-0.39, 0.29) is 0 Å². The van der Waals surface area contributed by atoms with Gasteiger partial charge in [-0.1, -0.05) is 104 Å². The van der Waals surface area contributed by atoms with Gasteiger partial charge < -0.3 is 4.90 Å². The number of anilines is 2. The zero-order valence-corrected chi connectivity index (χ0v) is 21.5. The van der Waals surface area contributed by atoms with Crippen molar-refractivity contribution in [3.8, 4) is 22.3 Å². The average Bonchev–Trinajstić information content (AvgIpc) is 3.32. The smallest absolute Gasteiger partial charge is 0.0468 e.